The number of hydrogen-bond acceptors (Lipinski definition) is 2. The number of rotatable bonds is 4. The number of ether oxygens (including phenoxy) is 1. The van der Waals surface area contributed by atoms with E-state index >= 15 is 0 Å². The summed E-state index contributed by atoms with van der Waals surface area (Å²) in [6.45, 7) is 5.95. The van der Waals surface area contributed by atoms with Gasteiger partial charge in [-0.2, -0.15) is 0 Å². The van der Waals surface area contributed by atoms with E-state index in [0.29, 0.717) is 6.42 Å². The zero-order valence-corrected chi connectivity index (χ0v) is 10.3. The van der Waals surface area contributed by atoms with Crippen molar-refractivity contribution in [2.24, 2.45) is 0 Å². The zero-order chi connectivity index (χ0) is 12.1. The van der Waals surface area contributed by atoms with E-state index in [1.54, 1.807) is 7.05 Å². The SMILES string of the molecule is CCC(Oc1ccc(C)cc1C)C(=O)NC. The van der Waals surface area contributed by atoms with Crippen molar-refractivity contribution in [3.63, 3.8) is 0 Å². The Labute approximate surface area is 96.8 Å². The van der Waals surface area contributed by atoms with E-state index in [-0.39, 0.29) is 5.91 Å². The summed E-state index contributed by atoms with van der Waals surface area (Å²) in [5, 5.41) is 2.60. The normalized spacial score (nSPS) is 12.0. The third-order valence-electron chi connectivity index (χ3n) is 2.51. The van der Waals surface area contributed by atoms with Crippen molar-refractivity contribution >= 4 is 5.91 Å². The molecule has 16 heavy (non-hydrogen) atoms. The number of benzene rings is 1. The van der Waals surface area contributed by atoms with Crippen LogP contribution in [0.2, 0.25) is 0 Å². The molecular weight excluding hydrogens is 202 g/mol. The largest absolute Gasteiger partial charge is 0.480 e. The molecule has 0 heterocycles. The number of likely N-dealkylation sites (N-methyl/N-ethyl adjacent to an activating group) is 1. The van der Waals surface area contributed by atoms with Gasteiger partial charge in [-0.3, -0.25) is 4.79 Å². The predicted molar refractivity (Wildman–Crippen MR) is 64.7 cm³/mol. The van der Waals surface area contributed by atoms with Crippen LogP contribution in [-0.4, -0.2) is 19.1 Å². The lowest BCUT2D eigenvalue weighted by molar-refractivity contribution is -0.127. The highest BCUT2D eigenvalue weighted by Gasteiger charge is 2.17. The van der Waals surface area contributed by atoms with Gasteiger partial charge in [-0.25, -0.2) is 0 Å². The Morgan fingerprint density at radius 3 is 2.62 bits per heavy atom. The molecule has 1 amide bonds. The van der Waals surface area contributed by atoms with Crippen molar-refractivity contribution in [2.75, 3.05) is 7.05 Å². The molecule has 1 rings (SSSR count). The van der Waals surface area contributed by atoms with E-state index in [2.05, 4.69) is 5.32 Å². The van der Waals surface area contributed by atoms with E-state index < -0.39 is 6.10 Å². The molecule has 1 atom stereocenters. The first kappa shape index (κ1) is 12.6. The van der Waals surface area contributed by atoms with Crippen LogP contribution < -0.4 is 10.1 Å². The molecule has 3 nitrogen and oxygen atoms in total. The summed E-state index contributed by atoms with van der Waals surface area (Å²) >= 11 is 0. The number of nitrogens with one attached hydrogen (secondary N) is 1. The molecule has 0 aromatic heterocycles. The number of aryl methyl sites for hydroxylation is 2. The van der Waals surface area contributed by atoms with Gasteiger partial charge in [0.1, 0.15) is 5.75 Å². The minimum absolute atomic E-state index is 0.0810. The first-order valence-corrected chi connectivity index (χ1v) is 5.54. The lowest BCUT2D eigenvalue weighted by atomic mass is 10.1. The van der Waals surface area contributed by atoms with Gasteiger partial charge in [-0.05, 0) is 31.9 Å². The van der Waals surface area contributed by atoms with Crippen LogP contribution in [0.5, 0.6) is 5.75 Å². The Morgan fingerprint density at radius 2 is 2.12 bits per heavy atom. The summed E-state index contributed by atoms with van der Waals surface area (Å²) in [4.78, 5) is 11.5. The van der Waals surface area contributed by atoms with Gasteiger partial charge in [-0.1, -0.05) is 24.6 Å². The molecule has 0 aliphatic carbocycles. The zero-order valence-electron chi connectivity index (χ0n) is 10.3. The van der Waals surface area contributed by atoms with Crippen molar-refractivity contribution in [3.05, 3.63) is 29.3 Å². The average Bonchev–Trinajstić information content (AvgIpc) is 2.27. The van der Waals surface area contributed by atoms with Gasteiger partial charge in [0.05, 0.1) is 0 Å². The van der Waals surface area contributed by atoms with Crippen LogP contribution in [0, 0.1) is 13.8 Å². The van der Waals surface area contributed by atoms with E-state index in [9.17, 15) is 4.79 Å². The van der Waals surface area contributed by atoms with Crippen molar-refractivity contribution in [3.8, 4) is 5.75 Å². The lowest BCUT2D eigenvalue weighted by Crippen LogP contribution is -2.35. The van der Waals surface area contributed by atoms with E-state index in [1.807, 2.05) is 39.0 Å². The molecule has 0 aliphatic heterocycles. The Balaban J connectivity index is 2.82. The topological polar surface area (TPSA) is 38.3 Å². The number of carbonyl (C=O) groups excluding carboxylic acids is 1. The number of carbonyl (C=O) groups is 1. The maximum absolute atomic E-state index is 11.5. The molecule has 0 aliphatic rings. The van der Waals surface area contributed by atoms with Gasteiger partial charge in [0.2, 0.25) is 0 Å². The molecule has 0 spiro atoms. The molecule has 1 aromatic rings. The second-order valence-electron chi connectivity index (χ2n) is 3.90. The molecule has 3 heteroatoms. The van der Waals surface area contributed by atoms with Crippen molar-refractivity contribution in [2.45, 2.75) is 33.3 Å². The summed E-state index contributed by atoms with van der Waals surface area (Å²) in [5.41, 5.74) is 2.25. The van der Waals surface area contributed by atoms with E-state index in [4.69, 9.17) is 4.74 Å². The third kappa shape index (κ3) is 2.99. The van der Waals surface area contributed by atoms with Crippen LogP contribution in [0.25, 0.3) is 0 Å². The molecule has 1 unspecified atom stereocenters. The van der Waals surface area contributed by atoms with Crippen LogP contribution in [0.1, 0.15) is 24.5 Å². The van der Waals surface area contributed by atoms with Crippen LogP contribution in [0.3, 0.4) is 0 Å². The van der Waals surface area contributed by atoms with Crippen LogP contribution in [0.4, 0.5) is 0 Å². The van der Waals surface area contributed by atoms with Crippen molar-refractivity contribution in [1.29, 1.82) is 0 Å². The van der Waals surface area contributed by atoms with Crippen LogP contribution >= 0.6 is 0 Å². The molecule has 0 fully saturated rings. The minimum atomic E-state index is -0.411. The first-order chi connectivity index (χ1) is 7.58. The molecule has 1 N–H and O–H groups in total. The molecule has 1 aromatic carbocycles. The Hall–Kier alpha value is -1.51. The molecule has 0 saturated carbocycles. The minimum Gasteiger partial charge on any atom is -0.480 e. The highest BCUT2D eigenvalue weighted by molar-refractivity contribution is 5.80. The molecule has 0 radical (unpaired) electrons. The first-order valence-electron chi connectivity index (χ1n) is 5.54. The summed E-state index contributed by atoms with van der Waals surface area (Å²) in [7, 11) is 1.62. The summed E-state index contributed by atoms with van der Waals surface area (Å²) < 4.78 is 5.69. The maximum Gasteiger partial charge on any atom is 0.260 e. The van der Waals surface area contributed by atoms with Gasteiger partial charge in [-0.15, -0.1) is 0 Å². The maximum atomic E-state index is 11.5. The van der Waals surface area contributed by atoms with E-state index in [1.165, 1.54) is 5.56 Å². The summed E-state index contributed by atoms with van der Waals surface area (Å²) in [5.74, 6) is 0.698. The monoisotopic (exact) mass is 221 g/mol. The number of hydrogen-bond donors (Lipinski definition) is 1. The Bertz CT molecular complexity index is 374. The fourth-order valence-electron chi connectivity index (χ4n) is 1.57. The second kappa shape index (κ2) is 5.54. The van der Waals surface area contributed by atoms with Gasteiger partial charge >= 0.3 is 0 Å². The van der Waals surface area contributed by atoms with Crippen LogP contribution in [0.15, 0.2) is 18.2 Å². The molecular formula is C13H19NO2. The summed E-state index contributed by atoms with van der Waals surface area (Å²) in [6.07, 6.45) is 0.249. The van der Waals surface area contributed by atoms with Gasteiger partial charge in [0.15, 0.2) is 6.10 Å². The van der Waals surface area contributed by atoms with E-state index in [0.717, 1.165) is 11.3 Å². The summed E-state index contributed by atoms with van der Waals surface area (Å²) in [6, 6.07) is 5.95. The highest BCUT2D eigenvalue weighted by atomic mass is 16.5. The highest BCUT2D eigenvalue weighted by Crippen LogP contribution is 2.20. The van der Waals surface area contributed by atoms with Crippen molar-refractivity contribution < 1.29 is 9.53 Å². The standard InChI is InChI=1S/C13H19NO2/c1-5-11(13(15)14-4)16-12-7-6-9(2)8-10(12)3/h6-8,11H,5H2,1-4H3,(H,14,15). The van der Waals surface area contributed by atoms with Crippen molar-refractivity contribution in [1.82, 2.24) is 5.32 Å². The quantitative estimate of drug-likeness (QED) is 0.846. The molecule has 0 saturated heterocycles. The van der Waals surface area contributed by atoms with Gasteiger partial charge < -0.3 is 10.1 Å². The van der Waals surface area contributed by atoms with Gasteiger partial charge in [0.25, 0.3) is 5.91 Å². The van der Waals surface area contributed by atoms with Gasteiger partial charge in [0, 0.05) is 7.05 Å². The Morgan fingerprint density at radius 1 is 1.44 bits per heavy atom. The predicted octanol–water partition coefficient (Wildman–Crippen LogP) is 2.21. The van der Waals surface area contributed by atoms with Crippen LogP contribution in [-0.2, 0) is 4.79 Å². The molecule has 0 bridgehead atoms. The third-order valence-corrected chi connectivity index (χ3v) is 2.51. The second-order valence-corrected chi connectivity index (χ2v) is 3.90. The average molecular weight is 221 g/mol. The number of amides is 1. The smallest absolute Gasteiger partial charge is 0.260 e. The fourth-order valence-corrected chi connectivity index (χ4v) is 1.57. The lowest BCUT2D eigenvalue weighted by Gasteiger charge is -2.17. The fraction of sp³-hybridized carbons (Fsp3) is 0.462. The Kier molecular flexibility index (Phi) is 4.35. The molecule has 88 valence electrons.